The second kappa shape index (κ2) is 14.0. The molecule has 0 spiro atoms. The Morgan fingerprint density at radius 1 is 1.14 bits per heavy atom. The van der Waals surface area contributed by atoms with Crippen LogP contribution in [0.25, 0.3) is 0 Å². The molecule has 14 heavy (non-hydrogen) atoms. The zero-order chi connectivity index (χ0) is 11.2. The zero-order valence-electron chi connectivity index (χ0n) is 9.46. The van der Waals surface area contributed by atoms with E-state index in [1.165, 1.54) is 5.56 Å². The van der Waals surface area contributed by atoms with Crippen molar-refractivity contribution in [1.82, 2.24) is 0 Å². The van der Waals surface area contributed by atoms with Gasteiger partial charge in [0.25, 0.3) is 0 Å². The van der Waals surface area contributed by atoms with E-state index in [0.717, 1.165) is 0 Å². The fourth-order valence-electron chi connectivity index (χ4n) is 0.534. The largest absolute Gasteiger partial charge is 0.133 e. The molecule has 0 nitrogen and oxygen atoms in total. The summed E-state index contributed by atoms with van der Waals surface area (Å²) in [6, 6.07) is 10.3. The quantitative estimate of drug-likeness (QED) is 0.414. The Morgan fingerprint density at radius 3 is 1.64 bits per heavy atom. The van der Waals surface area contributed by atoms with Gasteiger partial charge in [0.15, 0.2) is 0 Å². The summed E-state index contributed by atoms with van der Waals surface area (Å²) in [7, 11) is 0. The van der Waals surface area contributed by atoms with Gasteiger partial charge in [0.2, 0.25) is 0 Å². The Balaban J connectivity index is 0. The molecule has 0 amide bonds. The van der Waals surface area contributed by atoms with Crippen LogP contribution in [0.4, 0.5) is 0 Å². The second-order valence-corrected chi connectivity index (χ2v) is 2.56. The van der Waals surface area contributed by atoms with Crippen molar-refractivity contribution in [2.75, 3.05) is 0 Å². The van der Waals surface area contributed by atoms with Crippen LogP contribution in [0, 0.1) is 6.92 Å². The lowest BCUT2D eigenvalue weighted by Crippen LogP contribution is -1.62. The van der Waals surface area contributed by atoms with Crippen LogP contribution in [0.3, 0.4) is 0 Å². The van der Waals surface area contributed by atoms with Gasteiger partial charge in [-0.3, -0.25) is 0 Å². The first-order chi connectivity index (χ1) is 6.72. The average Bonchev–Trinajstić information content (AvgIpc) is 2.21. The van der Waals surface area contributed by atoms with Crippen molar-refractivity contribution in [3.63, 3.8) is 0 Å². The second-order valence-electron chi connectivity index (χ2n) is 2.56. The molecule has 76 valence electrons. The van der Waals surface area contributed by atoms with E-state index in [9.17, 15) is 0 Å². The van der Waals surface area contributed by atoms with Crippen LogP contribution in [0.2, 0.25) is 0 Å². The molecule has 0 saturated heterocycles. The molecule has 0 aliphatic carbocycles. The Labute approximate surface area is 88.3 Å². The van der Waals surface area contributed by atoms with Crippen molar-refractivity contribution in [2.24, 2.45) is 0 Å². The molecule has 0 bridgehead atoms. The van der Waals surface area contributed by atoms with Crippen molar-refractivity contribution < 1.29 is 0 Å². The molecular formula is C14H20. The van der Waals surface area contributed by atoms with E-state index in [1.54, 1.807) is 12.2 Å². The molecule has 0 heteroatoms. The maximum Gasteiger partial charge on any atom is -0.0393 e. The highest BCUT2D eigenvalue weighted by Crippen LogP contribution is 1.92. The van der Waals surface area contributed by atoms with E-state index in [4.69, 9.17) is 0 Å². The zero-order valence-corrected chi connectivity index (χ0v) is 9.46. The Morgan fingerprint density at radius 2 is 1.50 bits per heavy atom. The molecule has 0 heterocycles. The summed E-state index contributed by atoms with van der Waals surface area (Å²) in [6.45, 7) is 12.5. The van der Waals surface area contributed by atoms with Gasteiger partial charge >= 0.3 is 0 Å². The summed E-state index contributed by atoms with van der Waals surface area (Å²) in [5, 5.41) is 0. The number of benzene rings is 1. The third-order valence-electron chi connectivity index (χ3n) is 1.14. The van der Waals surface area contributed by atoms with Gasteiger partial charge in [0.05, 0.1) is 0 Å². The molecule has 0 aliphatic rings. The summed E-state index contributed by atoms with van der Waals surface area (Å²) in [5.74, 6) is 0. The molecule has 1 aromatic rings. The molecule has 0 fully saturated rings. The van der Waals surface area contributed by atoms with Crippen molar-refractivity contribution in [1.29, 1.82) is 0 Å². The summed E-state index contributed by atoms with van der Waals surface area (Å²) in [5.41, 5.74) is 3.88. The first kappa shape index (κ1) is 15.0. The lowest BCUT2D eigenvalue weighted by atomic mass is 10.2. The van der Waals surface area contributed by atoms with Crippen molar-refractivity contribution >= 4 is 0 Å². The Bertz CT molecular complexity index is 251. The van der Waals surface area contributed by atoms with Gasteiger partial charge in [-0.25, -0.2) is 0 Å². The van der Waals surface area contributed by atoms with Crippen LogP contribution in [-0.4, -0.2) is 0 Å². The fourth-order valence-corrected chi connectivity index (χ4v) is 0.534. The van der Waals surface area contributed by atoms with Gasteiger partial charge in [-0.2, -0.15) is 0 Å². The van der Waals surface area contributed by atoms with E-state index in [1.807, 2.05) is 32.0 Å². The SMILES string of the molecule is C=C=CC.C=CC.Cc1ccccc1. The molecule has 0 saturated carbocycles. The number of hydrogen-bond donors (Lipinski definition) is 0. The highest BCUT2D eigenvalue weighted by atomic mass is 13.8. The standard InChI is InChI=1S/C7H8.C4H6.C3H6/c1-7-5-3-2-4-6-7;1-3-4-2;1-3-2/h2-6H,1H3;4H,1H2,2H3;3H,1H2,2H3. The number of allylic oxidation sites excluding steroid dienone is 2. The average molecular weight is 188 g/mol. The van der Waals surface area contributed by atoms with Crippen LogP contribution in [0.15, 0.2) is 61.4 Å². The van der Waals surface area contributed by atoms with Crippen LogP contribution in [0.1, 0.15) is 19.4 Å². The number of rotatable bonds is 0. The highest BCUT2D eigenvalue weighted by Gasteiger charge is 1.72. The predicted octanol–water partition coefficient (Wildman–Crippen LogP) is 4.53. The summed E-state index contributed by atoms with van der Waals surface area (Å²) < 4.78 is 0. The minimum Gasteiger partial charge on any atom is -0.133 e. The van der Waals surface area contributed by atoms with Gasteiger partial charge in [0.1, 0.15) is 0 Å². The molecule has 1 rings (SSSR count). The Hall–Kier alpha value is -1.52. The minimum absolute atomic E-state index is 1.32. The lowest BCUT2D eigenvalue weighted by molar-refractivity contribution is 1.48. The van der Waals surface area contributed by atoms with E-state index >= 15 is 0 Å². The minimum atomic E-state index is 1.32. The number of hydrogen-bond acceptors (Lipinski definition) is 0. The van der Waals surface area contributed by atoms with Crippen molar-refractivity contribution in [2.45, 2.75) is 20.8 Å². The maximum absolute atomic E-state index is 3.36. The van der Waals surface area contributed by atoms with E-state index in [2.05, 4.69) is 37.9 Å². The van der Waals surface area contributed by atoms with E-state index < -0.39 is 0 Å². The van der Waals surface area contributed by atoms with E-state index in [0.29, 0.717) is 0 Å². The lowest BCUT2D eigenvalue weighted by Gasteiger charge is -1.82. The third-order valence-corrected chi connectivity index (χ3v) is 1.14. The van der Waals surface area contributed by atoms with Gasteiger partial charge < -0.3 is 0 Å². The first-order valence-corrected chi connectivity index (χ1v) is 4.62. The monoisotopic (exact) mass is 188 g/mol. The number of aryl methyl sites for hydroxylation is 1. The van der Waals surface area contributed by atoms with Gasteiger partial charge in [-0.05, 0) is 26.8 Å². The summed E-state index contributed by atoms with van der Waals surface area (Å²) >= 11 is 0. The Kier molecular flexibility index (Phi) is 15.0. The van der Waals surface area contributed by atoms with Gasteiger partial charge in [-0.1, -0.05) is 48.6 Å². The highest BCUT2D eigenvalue weighted by molar-refractivity contribution is 5.11. The maximum atomic E-state index is 3.36. The molecule has 0 aliphatic heterocycles. The molecule has 0 radical (unpaired) electrons. The molecule has 0 unspecified atom stereocenters. The normalized spacial score (nSPS) is 6.50. The summed E-state index contributed by atoms with van der Waals surface area (Å²) in [6.07, 6.45) is 3.51. The summed E-state index contributed by atoms with van der Waals surface area (Å²) in [4.78, 5) is 0. The van der Waals surface area contributed by atoms with E-state index in [-0.39, 0.29) is 0 Å². The first-order valence-electron chi connectivity index (χ1n) is 4.62. The molecule has 1 aromatic carbocycles. The fraction of sp³-hybridized carbons (Fsp3) is 0.214. The predicted molar refractivity (Wildman–Crippen MR) is 66.4 cm³/mol. The molecule has 0 N–H and O–H groups in total. The van der Waals surface area contributed by atoms with Crippen molar-refractivity contribution in [3.8, 4) is 0 Å². The third kappa shape index (κ3) is 16.8. The van der Waals surface area contributed by atoms with Crippen LogP contribution < -0.4 is 0 Å². The molecular weight excluding hydrogens is 168 g/mol. The van der Waals surface area contributed by atoms with Gasteiger partial charge in [-0.15, -0.1) is 12.3 Å². The molecule has 0 atom stereocenters. The van der Waals surface area contributed by atoms with Crippen molar-refractivity contribution in [3.05, 3.63) is 66.9 Å². The molecule has 0 aromatic heterocycles. The van der Waals surface area contributed by atoms with Crippen LogP contribution in [-0.2, 0) is 0 Å². The van der Waals surface area contributed by atoms with Crippen LogP contribution in [0.5, 0.6) is 0 Å². The smallest absolute Gasteiger partial charge is 0.0393 e. The topological polar surface area (TPSA) is 0 Å². The van der Waals surface area contributed by atoms with Gasteiger partial charge in [0, 0.05) is 0 Å². The van der Waals surface area contributed by atoms with Crippen LogP contribution >= 0.6 is 0 Å².